The van der Waals surface area contributed by atoms with Crippen molar-refractivity contribution in [3.05, 3.63) is 28.5 Å². The molecule has 0 aromatic carbocycles. The Balaban J connectivity index is 2.71. The molecule has 0 radical (unpaired) electrons. The fourth-order valence-corrected chi connectivity index (χ4v) is 1.69. The van der Waals surface area contributed by atoms with Crippen LogP contribution in [-0.2, 0) is 9.59 Å². The van der Waals surface area contributed by atoms with Crippen LogP contribution in [0.2, 0.25) is 0 Å². The molecule has 0 saturated carbocycles. The highest BCUT2D eigenvalue weighted by Gasteiger charge is 2.21. The lowest BCUT2D eigenvalue weighted by Gasteiger charge is -2.13. The molecule has 0 unspecified atom stereocenters. The van der Waals surface area contributed by atoms with Crippen molar-refractivity contribution in [1.82, 2.24) is 10.3 Å². The third-order valence-electron chi connectivity index (χ3n) is 2.25. The third-order valence-corrected chi connectivity index (χ3v) is 2.68. The van der Waals surface area contributed by atoms with Gasteiger partial charge in [-0.25, -0.2) is 4.79 Å². The van der Waals surface area contributed by atoms with Crippen molar-refractivity contribution < 1.29 is 19.5 Å². The zero-order valence-corrected chi connectivity index (χ0v) is 11.4. The van der Waals surface area contributed by atoms with Gasteiger partial charge in [0.15, 0.2) is 0 Å². The number of amides is 2. The minimum absolute atomic E-state index is 0.0577. The monoisotopic (exact) mass is 329 g/mol. The van der Waals surface area contributed by atoms with Crippen LogP contribution in [0.25, 0.3) is 0 Å². The maximum atomic E-state index is 11.8. The maximum absolute atomic E-state index is 11.8. The summed E-state index contributed by atoms with van der Waals surface area (Å²) < 4.78 is 0.601. The number of carbonyl (C=O) groups excluding carboxylic acids is 2. The lowest BCUT2D eigenvalue weighted by Crippen LogP contribution is -2.41. The van der Waals surface area contributed by atoms with Crippen molar-refractivity contribution in [2.45, 2.75) is 18.9 Å². The van der Waals surface area contributed by atoms with Crippen LogP contribution >= 0.6 is 15.9 Å². The molecule has 8 heteroatoms. The van der Waals surface area contributed by atoms with Crippen molar-refractivity contribution in [2.24, 2.45) is 5.73 Å². The van der Waals surface area contributed by atoms with Gasteiger partial charge >= 0.3 is 5.97 Å². The zero-order valence-electron chi connectivity index (χ0n) is 9.80. The summed E-state index contributed by atoms with van der Waals surface area (Å²) in [5.41, 5.74) is 5.16. The number of rotatable bonds is 6. The van der Waals surface area contributed by atoms with Gasteiger partial charge in [0.25, 0.3) is 5.91 Å². The van der Waals surface area contributed by atoms with Gasteiger partial charge in [0, 0.05) is 23.3 Å². The molecular weight excluding hydrogens is 318 g/mol. The van der Waals surface area contributed by atoms with E-state index in [0.717, 1.165) is 0 Å². The lowest BCUT2D eigenvalue weighted by atomic mass is 10.1. The largest absolute Gasteiger partial charge is 0.480 e. The van der Waals surface area contributed by atoms with Gasteiger partial charge in [-0.2, -0.15) is 0 Å². The molecule has 4 N–H and O–H groups in total. The summed E-state index contributed by atoms with van der Waals surface area (Å²) in [4.78, 5) is 37.2. The van der Waals surface area contributed by atoms with Crippen molar-refractivity contribution in [3.8, 4) is 0 Å². The fraction of sp³-hybridized carbons (Fsp3) is 0.273. The van der Waals surface area contributed by atoms with Crippen molar-refractivity contribution in [2.75, 3.05) is 0 Å². The number of carboxylic acid groups (broad SMARTS) is 1. The van der Waals surface area contributed by atoms with Gasteiger partial charge in [0.2, 0.25) is 5.91 Å². The second-order valence-corrected chi connectivity index (χ2v) is 4.68. The van der Waals surface area contributed by atoms with Crippen LogP contribution in [0.5, 0.6) is 0 Å². The average molecular weight is 330 g/mol. The van der Waals surface area contributed by atoms with Crippen LogP contribution in [0, 0.1) is 0 Å². The molecule has 102 valence electrons. The molecule has 1 rings (SSSR count). The number of nitrogens with two attached hydrogens (primary N) is 1. The number of carbonyl (C=O) groups is 3. The van der Waals surface area contributed by atoms with Gasteiger partial charge in [0.1, 0.15) is 6.04 Å². The molecule has 19 heavy (non-hydrogen) atoms. The molecule has 0 spiro atoms. The molecule has 0 bridgehead atoms. The second-order valence-electron chi connectivity index (χ2n) is 3.76. The Kier molecular flexibility index (Phi) is 5.43. The molecule has 0 saturated heterocycles. The predicted molar refractivity (Wildman–Crippen MR) is 69.3 cm³/mol. The normalized spacial score (nSPS) is 11.6. The number of aromatic nitrogens is 1. The van der Waals surface area contributed by atoms with E-state index in [1.54, 1.807) is 0 Å². The summed E-state index contributed by atoms with van der Waals surface area (Å²) in [5.74, 6) is -2.42. The Bertz CT molecular complexity index is 506. The van der Waals surface area contributed by atoms with Gasteiger partial charge in [-0.15, -0.1) is 0 Å². The molecule has 0 aliphatic carbocycles. The number of pyridine rings is 1. The van der Waals surface area contributed by atoms with E-state index in [-0.39, 0.29) is 18.4 Å². The van der Waals surface area contributed by atoms with Crippen LogP contribution in [0.3, 0.4) is 0 Å². The number of nitrogens with one attached hydrogen (secondary N) is 1. The highest BCUT2D eigenvalue weighted by atomic mass is 79.9. The van der Waals surface area contributed by atoms with Crippen molar-refractivity contribution in [3.63, 3.8) is 0 Å². The fourth-order valence-electron chi connectivity index (χ4n) is 1.32. The number of halogens is 1. The number of carboxylic acids is 1. The van der Waals surface area contributed by atoms with Crippen LogP contribution in [0.1, 0.15) is 23.2 Å². The molecule has 0 aliphatic rings. The molecule has 1 atom stereocenters. The van der Waals surface area contributed by atoms with Gasteiger partial charge in [-0.05, 0) is 28.4 Å². The summed E-state index contributed by atoms with van der Waals surface area (Å²) >= 11 is 3.16. The number of primary amides is 1. The first-order valence-electron chi connectivity index (χ1n) is 5.32. The zero-order chi connectivity index (χ0) is 14.4. The van der Waals surface area contributed by atoms with Gasteiger partial charge in [-0.3, -0.25) is 14.6 Å². The van der Waals surface area contributed by atoms with Crippen LogP contribution in [0.15, 0.2) is 22.9 Å². The summed E-state index contributed by atoms with van der Waals surface area (Å²) in [6.45, 7) is 0. The van der Waals surface area contributed by atoms with Gasteiger partial charge < -0.3 is 16.2 Å². The molecule has 0 fully saturated rings. The first-order valence-corrected chi connectivity index (χ1v) is 6.12. The first kappa shape index (κ1) is 15.1. The van der Waals surface area contributed by atoms with Crippen molar-refractivity contribution in [1.29, 1.82) is 0 Å². The van der Waals surface area contributed by atoms with E-state index in [1.165, 1.54) is 18.5 Å². The third kappa shape index (κ3) is 5.04. The Morgan fingerprint density at radius 1 is 1.42 bits per heavy atom. The first-order chi connectivity index (χ1) is 8.90. The van der Waals surface area contributed by atoms with E-state index in [1.807, 2.05) is 0 Å². The Morgan fingerprint density at radius 3 is 2.63 bits per heavy atom. The smallest absolute Gasteiger partial charge is 0.326 e. The van der Waals surface area contributed by atoms with E-state index in [9.17, 15) is 14.4 Å². The van der Waals surface area contributed by atoms with E-state index >= 15 is 0 Å². The van der Waals surface area contributed by atoms with E-state index < -0.39 is 23.8 Å². The van der Waals surface area contributed by atoms with E-state index in [2.05, 4.69) is 26.2 Å². The van der Waals surface area contributed by atoms with Crippen LogP contribution in [0.4, 0.5) is 0 Å². The second kappa shape index (κ2) is 6.83. The Hall–Kier alpha value is -1.96. The van der Waals surface area contributed by atoms with Gasteiger partial charge in [-0.1, -0.05) is 0 Å². The minimum Gasteiger partial charge on any atom is -0.480 e. The number of hydrogen-bond acceptors (Lipinski definition) is 4. The lowest BCUT2D eigenvalue weighted by molar-refractivity contribution is -0.139. The van der Waals surface area contributed by atoms with Crippen molar-refractivity contribution >= 4 is 33.7 Å². The minimum atomic E-state index is -1.22. The Morgan fingerprint density at radius 2 is 2.11 bits per heavy atom. The number of aliphatic carboxylic acids is 1. The molecule has 1 aromatic rings. The highest BCUT2D eigenvalue weighted by Crippen LogP contribution is 2.10. The molecule has 1 heterocycles. The summed E-state index contributed by atoms with van der Waals surface area (Å²) in [7, 11) is 0. The van der Waals surface area contributed by atoms with Crippen LogP contribution in [-0.4, -0.2) is 33.9 Å². The van der Waals surface area contributed by atoms with Gasteiger partial charge in [0.05, 0.1) is 5.56 Å². The Labute approximate surface area is 117 Å². The molecule has 0 aliphatic heterocycles. The van der Waals surface area contributed by atoms with E-state index in [4.69, 9.17) is 10.8 Å². The SMILES string of the molecule is NC(=O)CC[C@H](NC(=O)c1cncc(Br)c1)C(=O)O. The predicted octanol–water partition coefficient (Wildman–Crippen LogP) is 0.293. The highest BCUT2D eigenvalue weighted by molar-refractivity contribution is 9.10. The molecule has 7 nitrogen and oxygen atoms in total. The summed E-state index contributed by atoms with van der Waals surface area (Å²) in [6.07, 6.45) is 2.64. The quantitative estimate of drug-likeness (QED) is 0.692. The topological polar surface area (TPSA) is 122 Å². The van der Waals surface area contributed by atoms with Crippen LogP contribution < -0.4 is 11.1 Å². The average Bonchev–Trinajstić information content (AvgIpc) is 2.33. The summed E-state index contributed by atoms with van der Waals surface area (Å²) in [5, 5.41) is 11.3. The summed E-state index contributed by atoms with van der Waals surface area (Å²) in [6, 6.07) is 0.342. The number of nitrogens with zero attached hydrogens (tertiary/aromatic N) is 1. The number of hydrogen-bond donors (Lipinski definition) is 3. The molecular formula is C11H12BrN3O4. The molecule has 1 aromatic heterocycles. The van der Waals surface area contributed by atoms with E-state index in [0.29, 0.717) is 4.47 Å². The maximum Gasteiger partial charge on any atom is 0.326 e. The molecule has 2 amide bonds. The standard InChI is InChI=1S/C11H12BrN3O4/c12-7-3-6(4-14-5-7)10(17)15-8(11(18)19)1-2-9(13)16/h3-5,8H,1-2H2,(H2,13,16)(H,15,17)(H,18,19)/t8-/m0/s1.